The molecule has 1 fully saturated rings. The van der Waals surface area contributed by atoms with Crippen LogP contribution >= 0.6 is 11.8 Å². The maximum Gasteiger partial charge on any atom is 0.248 e. The summed E-state index contributed by atoms with van der Waals surface area (Å²) in [6, 6.07) is 8.27. The standard InChI is InChI=1S/C20H27N3O4S2/c1-15-6-4-7-18(12-15)13-28-14-19(24)22-8-5-9-23(11-10-22)29(25,26)20-16(2)21-27-17(20)3/h4,6-7,12H,5,8-11,13-14H2,1-3H3. The lowest BCUT2D eigenvalue weighted by molar-refractivity contribution is -0.128. The number of rotatable bonds is 6. The average Bonchev–Trinajstić information content (AvgIpc) is 2.87. The molecule has 7 nitrogen and oxygen atoms in total. The molecule has 3 rings (SSSR count). The Labute approximate surface area is 176 Å². The first-order chi connectivity index (χ1) is 13.8. The summed E-state index contributed by atoms with van der Waals surface area (Å²) >= 11 is 1.59. The lowest BCUT2D eigenvalue weighted by Gasteiger charge is -2.21. The zero-order chi connectivity index (χ0) is 21.0. The predicted octanol–water partition coefficient (Wildman–Crippen LogP) is 2.76. The highest BCUT2D eigenvalue weighted by molar-refractivity contribution is 7.99. The molecule has 1 aliphatic heterocycles. The van der Waals surface area contributed by atoms with Gasteiger partial charge in [0.25, 0.3) is 0 Å². The fourth-order valence-corrected chi connectivity index (χ4v) is 6.14. The summed E-state index contributed by atoms with van der Waals surface area (Å²) in [5, 5.41) is 3.76. The Kier molecular flexibility index (Phi) is 7.02. The second kappa shape index (κ2) is 9.32. The van der Waals surface area contributed by atoms with Crippen LogP contribution in [0.3, 0.4) is 0 Å². The fraction of sp³-hybridized carbons (Fsp3) is 0.500. The molecular weight excluding hydrogens is 410 g/mol. The van der Waals surface area contributed by atoms with Gasteiger partial charge in [0.2, 0.25) is 15.9 Å². The number of amides is 1. The number of carbonyl (C=O) groups excluding carboxylic acids is 1. The Morgan fingerprint density at radius 3 is 2.66 bits per heavy atom. The van der Waals surface area contributed by atoms with Crippen molar-refractivity contribution in [3.63, 3.8) is 0 Å². The number of benzene rings is 1. The molecule has 0 bridgehead atoms. The Hall–Kier alpha value is -1.84. The molecule has 1 saturated heterocycles. The first-order valence-corrected chi connectivity index (χ1v) is 12.2. The third kappa shape index (κ3) is 5.21. The highest BCUT2D eigenvalue weighted by Crippen LogP contribution is 2.24. The van der Waals surface area contributed by atoms with Gasteiger partial charge in [-0.25, -0.2) is 8.42 Å². The molecular formula is C20H27N3O4S2. The number of hydrogen-bond donors (Lipinski definition) is 0. The van der Waals surface area contributed by atoms with Crippen molar-refractivity contribution < 1.29 is 17.7 Å². The number of hydrogen-bond acceptors (Lipinski definition) is 6. The van der Waals surface area contributed by atoms with Crippen LogP contribution in [0.2, 0.25) is 0 Å². The maximum atomic E-state index is 13.0. The summed E-state index contributed by atoms with van der Waals surface area (Å²) in [6.45, 7) is 6.91. The van der Waals surface area contributed by atoms with E-state index in [-0.39, 0.29) is 17.3 Å². The van der Waals surface area contributed by atoms with Crippen LogP contribution in [0.25, 0.3) is 0 Å². The molecule has 0 N–H and O–H groups in total. The molecule has 2 aromatic rings. The van der Waals surface area contributed by atoms with E-state index in [4.69, 9.17) is 4.52 Å². The van der Waals surface area contributed by atoms with Crippen LogP contribution in [0.1, 0.15) is 29.0 Å². The van der Waals surface area contributed by atoms with E-state index in [1.165, 1.54) is 15.4 Å². The van der Waals surface area contributed by atoms with Crippen molar-refractivity contribution in [2.24, 2.45) is 0 Å². The largest absolute Gasteiger partial charge is 0.360 e. The molecule has 0 aliphatic carbocycles. The number of carbonyl (C=O) groups is 1. The van der Waals surface area contributed by atoms with Crippen molar-refractivity contribution in [2.45, 2.75) is 37.8 Å². The van der Waals surface area contributed by atoms with Crippen molar-refractivity contribution in [2.75, 3.05) is 31.9 Å². The van der Waals surface area contributed by atoms with Gasteiger partial charge in [0.1, 0.15) is 10.6 Å². The molecule has 1 aliphatic rings. The topological polar surface area (TPSA) is 83.7 Å². The van der Waals surface area contributed by atoms with Gasteiger partial charge in [-0.2, -0.15) is 4.31 Å². The zero-order valence-electron chi connectivity index (χ0n) is 17.1. The Bertz CT molecular complexity index is 952. The maximum absolute atomic E-state index is 13.0. The van der Waals surface area contributed by atoms with E-state index >= 15 is 0 Å². The van der Waals surface area contributed by atoms with E-state index in [1.807, 2.05) is 6.07 Å². The Morgan fingerprint density at radius 1 is 1.17 bits per heavy atom. The van der Waals surface area contributed by atoms with E-state index in [1.54, 1.807) is 30.5 Å². The van der Waals surface area contributed by atoms with Gasteiger partial charge >= 0.3 is 0 Å². The number of nitrogens with zero attached hydrogens (tertiary/aromatic N) is 3. The van der Waals surface area contributed by atoms with Crippen LogP contribution < -0.4 is 0 Å². The molecule has 0 atom stereocenters. The third-order valence-electron chi connectivity index (χ3n) is 4.95. The van der Waals surface area contributed by atoms with Gasteiger partial charge in [0.05, 0.1) is 5.75 Å². The fourth-order valence-electron chi connectivity index (χ4n) is 3.50. The van der Waals surface area contributed by atoms with Crippen molar-refractivity contribution >= 4 is 27.7 Å². The second-order valence-corrected chi connectivity index (χ2v) is 10.1. The normalized spacial score (nSPS) is 16.0. The first-order valence-electron chi connectivity index (χ1n) is 9.63. The molecule has 9 heteroatoms. The van der Waals surface area contributed by atoms with Gasteiger partial charge in [-0.1, -0.05) is 35.0 Å². The molecule has 158 valence electrons. The van der Waals surface area contributed by atoms with Gasteiger partial charge in [0.15, 0.2) is 5.76 Å². The van der Waals surface area contributed by atoms with Crippen molar-refractivity contribution in [1.29, 1.82) is 0 Å². The number of aromatic nitrogens is 1. The third-order valence-corrected chi connectivity index (χ3v) is 8.08. The molecule has 29 heavy (non-hydrogen) atoms. The summed E-state index contributed by atoms with van der Waals surface area (Å²) in [5.41, 5.74) is 2.78. The number of sulfonamides is 1. The summed E-state index contributed by atoms with van der Waals surface area (Å²) in [4.78, 5) is 14.5. The van der Waals surface area contributed by atoms with E-state index in [2.05, 4.69) is 30.3 Å². The van der Waals surface area contributed by atoms with E-state index < -0.39 is 10.0 Å². The highest BCUT2D eigenvalue weighted by atomic mass is 32.2. The van der Waals surface area contributed by atoms with E-state index in [0.717, 1.165) is 5.75 Å². The Morgan fingerprint density at radius 2 is 1.97 bits per heavy atom. The first kappa shape index (κ1) is 21.9. The molecule has 0 spiro atoms. The van der Waals surface area contributed by atoms with Crippen molar-refractivity contribution in [1.82, 2.24) is 14.4 Å². The van der Waals surface area contributed by atoms with Gasteiger partial charge in [0, 0.05) is 31.9 Å². The second-order valence-electron chi connectivity index (χ2n) is 7.27. The minimum atomic E-state index is -3.68. The highest BCUT2D eigenvalue weighted by Gasteiger charge is 2.32. The van der Waals surface area contributed by atoms with Crippen LogP contribution in [0.15, 0.2) is 33.7 Å². The molecule has 1 aromatic heterocycles. The van der Waals surface area contributed by atoms with Crippen LogP contribution in [0.5, 0.6) is 0 Å². The lowest BCUT2D eigenvalue weighted by Crippen LogP contribution is -2.38. The molecule has 0 saturated carbocycles. The lowest BCUT2D eigenvalue weighted by atomic mass is 10.2. The van der Waals surface area contributed by atoms with Gasteiger partial charge in [-0.15, -0.1) is 11.8 Å². The Balaban J connectivity index is 1.56. The smallest absolute Gasteiger partial charge is 0.248 e. The van der Waals surface area contributed by atoms with Crippen LogP contribution in [0, 0.1) is 20.8 Å². The quantitative estimate of drug-likeness (QED) is 0.691. The summed E-state index contributed by atoms with van der Waals surface area (Å²) in [5.74, 6) is 1.53. The van der Waals surface area contributed by atoms with Crippen LogP contribution in [-0.2, 0) is 20.6 Å². The number of thioether (sulfide) groups is 1. The summed E-state index contributed by atoms with van der Waals surface area (Å²) < 4.78 is 32.5. The monoisotopic (exact) mass is 437 g/mol. The molecule has 1 aromatic carbocycles. The van der Waals surface area contributed by atoms with Crippen LogP contribution in [-0.4, -0.2) is 60.6 Å². The molecule has 0 unspecified atom stereocenters. The van der Waals surface area contributed by atoms with Gasteiger partial charge in [-0.3, -0.25) is 4.79 Å². The summed E-state index contributed by atoms with van der Waals surface area (Å²) in [7, 11) is -3.68. The van der Waals surface area contributed by atoms with Crippen molar-refractivity contribution in [3.8, 4) is 0 Å². The molecule has 1 amide bonds. The minimum absolute atomic E-state index is 0.0549. The van der Waals surface area contributed by atoms with E-state index in [9.17, 15) is 13.2 Å². The minimum Gasteiger partial charge on any atom is -0.360 e. The predicted molar refractivity (Wildman–Crippen MR) is 113 cm³/mol. The SMILES string of the molecule is Cc1cccc(CSCC(=O)N2CCCN(S(=O)(=O)c3c(C)noc3C)CC2)c1. The van der Waals surface area contributed by atoms with E-state index in [0.29, 0.717) is 43.3 Å². The molecule has 2 heterocycles. The average molecular weight is 438 g/mol. The number of aryl methyl sites for hydroxylation is 3. The van der Waals surface area contributed by atoms with Gasteiger partial charge in [-0.05, 0) is 32.8 Å². The summed E-state index contributed by atoms with van der Waals surface area (Å²) in [6.07, 6.45) is 0.608. The molecule has 0 radical (unpaired) electrons. The van der Waals surface area contributed by atoms with Crippen molar-refractivity contribution in [3.05, 3.63) is 46.8 Å². The van der Waals surface area contributed by atoms with Gasteiger partial charge < -0.3 is 9.42 Å². The zero-order valence-corrected chi connectivity index (χ0v) is 18.7. The van der Waals surface area contributed by atoms with Crippen LogP contribution in [0.4, 0.5) is 0 Å².